The van der Waals surface area contributed by atoms with Crippen LogP contribution in [0.2, 0.25) is 5.02 Å². The minimum absolute atomic E-state index is 0.190. The van der Waals surface area contributed by atoms with E-state index in [-0.39, 0.29) is 10.8 Å². The van der Waals surface area contributed by atoms with Gasteiger partial charge in [0.2, 0.25) is 0 Å². The van der Waals surface area contributed by atoms with E-state index in [4.69, 9.17) is 16.3 Å². The maximum Gasteiger partial charge on any atom is 0.182 e. The molecule has 0 radical (unpaired) electrons. The quantitative estimate of drug-likeness (QED) is 0.777. The van der Waals surface area contributed by atoms with Gasteiger partial charge in [0.05, 0.1) is 17.3 Å². The highest BCUT2D eigenvalue weighted by Crippen LogP contribution is 2.53. The minimum atomic E-state index is -3.58. The van der Waals surface area contributed by atoms with Gasteiger partial charge in [0.1, 0.15) is 12.0 Å². The predicted octanol–water partition coefficient (Wildman–Crippen LogP) is 3.10. The Morgan fingerprint density at radius 3 is 2.17 bits per heavy atom. The monoisotopic (exact) mass is 350 g/mol. The van der Waals surface area contributed by atoms with E-state index in [0.717, 1.165) is 11.8 Å². The zero-order chi connectivity index (χ0) is 16.6. The fraction of sp³-hybridized carbons (Fsp3) is 0.235. The first-order valence-corrected chi connectivity index (χ1v) is 9.00. The van der Waals surface area contributed by atoms with Gasteiger partial charge in [-0.25, -0.2) is 8.42 Å². The van der Waals surface area contributed by atoms with Crippen molar-refractivity contribution in [3.05, 3.63) is 59.1 Å². The Hall–Kier alpha value is -1.85. The summed E-state index contributed by atoms with van der Waals surface area (Å²) in [6.45, 7) is 0. The van der Waals surface area contributed by atoms with E-state index in [9.17, 15) is 13.2 Å². The summed E-state index contributed by atoms with van der Waals surface area (Å²) in [6, 6.07) is 13.2. The summed E-state index contributed by atoms with van der Waals surface area (Å²) >= 11 is 5.80. The van der Waals surface area contributed by atoms with Crippen LogP contribution in [-0.4, -0.2) is 27.1 Å². The number of halogens is 1. The number of sulfone groups is 1. The lowest BCUT2D eigenvalue weighted by Crippen LogP contribution is -2.11. The van der Waals surface area contributed by atoms with Crippen LogP contribution in [0.5, 0.6) is 5.75 Å². The highest BCUT2D eigenvalue weighted by molar-refractivity contribution is 7.92. The van der Waals surface area contributed by atoms with E-state index in [2.05, 4.69) is 0 Å². The molecule has 0 saturated heterocycles. The molecular formula is C17H15ClO4S. The molecule has 0 aromatic heterocycles. The van der Waals surface area contributed by atoms with Crippen molar-refractivity contribution in [1.29, 1.82) is 0 Å². The van der Waals surface area contributed by atoms with Gasteiger partial charge in [-0.2, -0.15) is 0 Å². The summed E-state index contributed by atoms with van der Waals surface area (Å²) in [5.41, 5.74) is 0.824. The molecule has 3 rings (SSSR count). The number of carbonyl (C=O) groups excluding carboxylic acids is 1. The van der Waals surface area contributed by atoms with Gasteiger partial charge in [0, 0.05) is 16.9 Å². The van der Waals surface area contributed by atoms with Crippen molar-refractivity contribution < 1.29 is 17.9 Å². The van der Waals surface area contributed by atoms with Crippen LogP contribution in [0.15, 0.2) is 53.4 Å². The molecule has 1 fully saturated rings. The van der Waals surface area contributed by atoms with E-state index in [1.165, 1.54) is 24.3 Å². The number of methoxy groups -OCH3 is 1. The number of carbonyl (C=O) groups is 1. The van der Waals surface area contributed by atoms with Gasteiger partial charge < -0.3 is 9.53 Å². The molecule has 0 N–H and O–H groups in total. The van der Waals surface area contributed by atoms with Crippen LogP contribution in [0.4, 0.5) is 0 Å². The molecule has 23 heavy (non-hydrogen) atoms. The summed E-state index contributed by atoms with van der Waals surface area (Å²) in [5.74, 6) is -0.155. The van der Waals surface area contributed by atoms with Crippen LogP contribution < -0.4 is 4.74 Å². The molecule has 0 unspecified atom stereocenters. The molecule has 0 heterocycles. The first kappa shape index (κ1) is 16.0. The molecule has 1 aliphatic carbocycles. The summed E-state index contributed by atoms with van der Waals surface area (Å²) < 4.78 is 30.6. The maximum absolute atomic E-state index is 12.8. The van der Waals surface area contributed by atoms with Gasteiger partial charge in [-0.15, -0.1) is 0 Å². The molecule has 2 aromatic carbocycles. The highest BCUT2D eigenvalue weighted by Gasteiger charge is 2.59. The summed E-state index contributed by atoms with van der Waals surface area (Å²) in [4.78, 5) is 11.5. The maximum atomic E-state index is 12.8. The fourth-order valence-electron chi connectivity index (χ4n) is 2.89. The Morgan fingerprint density at radius 1 is 1.04 bits per heavy atom. The number of aldehydes is 1. The third-order valence-electron chi connectivity index (χ3n) is 4.17. The standard InChI is InChI=1S/C17H15ClO4S/c1-22-13-6-2-11(3-7-13)16-15(10-19)17(16)23(20,21)14-8-4-12(18)5-9-14/h2-10,15-17H,1H3/t15-,16-,17-/m0/s1. The lowest BCUT2D eigenvalue weighted by molar-refractivity contribution is -0.108. The van der Waals surface area contributed by atoms with Crippen molar-refractivity contribution >= 4 is 27.7 Å². The van der Waals surface area contributed by atoms with Crippen LogP contribution in [0.3, 0.4) is 0 Å². The minimum Gasteiger partial charge on any atom is -0.497 e. The average Bonchev–Trinajstić information content (AvgIpc) is 3.31. The molecule has 0 aliphatic heterocycles. The molecule has 0 bridgehead atoms. The SMILES string of the molecule is COc1ccc([C@H]2[C@H](C=O)[C@@H]2S(=O)(=O)c2ccc(Cl)cc2)cc1. The van der Waals surface area contributed by atoms with Gasteiger partial charge in [-0.1, -0.05) is 23.7 Å². The van der Waals surface area contributed by atoms with E-state index in [1.807, 2.05) is 0 Å². The van der Waals surface area contributed by atoms with Crippen LogP contribution in [0, 0.1) is 5.92 Å². The average molecular weight is 351 g/mol. The summed E-state index contributed by atoms with van der Waals surface area (Å²) in [5, 5.41) is -0.257. The largest absolute Gasteiger partial charge is 0.497 e. The first-order valence-electron chi connectivity index (χ1n) is 7.07. The van der Waals surface area contributed by atoms with Crippen LogP contribution in [0.1, 0.15) is 11.5 Å². The van der Waals surface area contributed by atoms with Gasteiger partial charge in [-0.3, -0.25) is 0 Å². The Labute approximate surface area is 140 Å². The zero-order valence-electron chi connectivity index (χ0n) is 12.3. The smallest absolute Gasteiger partial charge is 0.182 e. The molecule has 1 aliphatic rings. The van der Waals surface area contributed by atoms with Crippen molar-refractivity contribution in [1.82, 2.24) is 0 Å². The summed E-state index contributed by atoms with van der Waals surface area (Å²) in [7, 11) is -2.01. The second-order valence-corrected chi connectivity index (χ2v) is 8.02. The molecule has 4 nitrogen and oxygen atoms in total. The Morgan fingerprint density at radius 2 is 1.65 bits per heavy atom. The molecule has 6 heteroatoms. The molecule has 0 amide bonds. The second kappa shape index (κ2) is 5.98. The van der Waals surface area contributed by atoms with Crippen LogP contribution in [0.25, 0.3) is 0 Å². The van der Waals surface area contributed by atoms with E-state index in [1.54, 1.807) is 31.4 Å². The van der Waals surface area contributed by atoms with Crippen molar-refractivity contribution in [2.75, 3.05) is 7.11 Å². The topological polar surface area (TPSA) is 60.4 Å². The van der Waals surface area contributed by atoms with Gasteiger partial charge in [0.15, 0.2) is 9.84 Å². The molecule has 120 valence electrons. The molecule has 3 atom stereocenters. The number of benzene rings is 2. The number of hydrogen-bond donors (Lipinski definition) is 0. The highest BCUT2D eigenvalue weighted by atomic mass is 35.5. The van der Waals surface area contributed by atoms with E-state index in [0.29, 0.717) is 10.8 Å². The number of rotatable bonds is 5. The number of ether oxygens (including phenoxy) is 1. The third kappa shape index (κ3) is 2.86. The lowest BCUT2D eigenvalue weighted by atomic mass is 10.1. The molecular weight excluding hydrogens is 336 g/mol. The summed E-state index contributed by atoms with van der Waals surface area (Å²) in [6.07, 6.45) is 0.729. The Bertz CT molecular complexity index is 813. The zero-order valence-corrected chi connectivity index (χ0v) is 13.9. The first-order chi connectivity index (χ1) is 11.0. The fourth-order valence-corrected chi connectivity index (χ4v) is 5.12. The van der Waals surface area contributed by atoms with Crippen molar-refractivity contribution in [3.63, 3.8) is 0 Å². The molecule has 1 saturated carbocycles. The van der Waals surface area contributed by atoms with Crippen LogP contribution in [-0.2, 0) is 14.6 Å². The Kier molecular flexibility index (Phi) is 4.17. The predicted molar refractivity (Wildman–Crippen MR) is 87.7 cm³/mol. The molecule has 0 spiro atoms. The van der Waals surface area contributed by atoms with E-state index < -0.39 is 21.0 Å². The van der Waals surface area contributed by atoms with Gasteiger partial charge >= 0.3 is 0 Å². The Balaban J connectivity index is 1.92. The van der Waals surface area contributed by atoms with Gasteiger partial charge in [0.25, 0.3) is 0 Å². The van der Waals surface area contributed by atoms with Crippen molar-refractivity contribution in [2.24, 2.45) is 5.92 Å². The lowest BCUT2D eigenvalue weighted by Gasteiger charge is -2.05. The number of hydrogen-bond acceptors (Lipinski definition) is 4. The van der Waals surface area contributed by atoms with E-state index >= 15 is 0 Å². The third-order valence-corrected chi connectivity index (χ3v) is 6.67. The molecule has 2 aromatic rings. The second-order valence-electron chi connectivity index (χ2n) is 5.48. The van der Waals surface area contributed by atoms with Crippen molar-refractivity contribution in [2.45, 2.75) is 16.1 Å². The van der Waals surface area contributed by atoms with Crippen molar-refractivity contribution in [3.8, 4) is 5.75 Å². The van der Waals surface area contributed by atoms with Gasteiger partial charge in [-0.05, 0) is 42.0 Å². The van der Waals surface area contributed by atoms with Crippen LogP contribution >= 0.6 is 11.6 Å². The normalized spacial score (nSPS) is 23.3.